The molecule has 72 valence electrons. The lowest BCUT2D eigenvalue weighted by molar-refractivity contribution is 0.612. The van der Waals surface area contributed by atoms with E-state index >= 15 is 0 Å². The van der Waals surface area contributed by atoms with Gasteiger partial charge in [0.2, 0.25) is 0 Å². The molecule has 0 radical (unpaired) electrons. The monoisotopic (exact) mass is 197 g/mol. The minimum absolute atomic E-state index is 0.119. The molecule has 1 aliphatic rings. The Morgan fingerprint density at radius 1 is 1.77 bits per heavy atom. The summed E-state index contributed by atoms with van der Waals surface area (Å²) in [6.07, 6.45) is 4.49. The van der Waals surface area contributed by atoms with Crippen molar-refractivity contribution in [1.29, 1.82) is 0 Å². The van der Waals surface area contributed by atoms with Crippen LogP contribution in [0.2, 0.25) is 0 Å². The maximum absolute atomic E-state index is 6.12. The van der Waals surface area contributed by atoms with Gasteiger partial charge in [-0.2, -0.15) is 16.9 Å². The molecule has 3 nitrogen and oxygen atoms in total. The number of hydrogen-bond donors (Lipinski definition) is 1. The number of hydrogen-bond acceptors (Lipinski definition) is 3. The van der Waals surface area contributed by atoms with E-state index in [-0.39, 0.29) is 6.04 Å². The van der Waals surface area contributed by atoms with Crippen LogP contribution < -0.4 is 5.73 Å². The van der Waals surface area contributed by atoms with E-state index < -0.39 is 0 Å². The molecule has 1 saturated heterocycles. The molecule has 0 amide bonds. The fourth-order valence-corrected chi connectivity index (χ4v) is 3.00. The highest BCUT2D eigenvalue weighted by Crippen LogP contribution is 2.33. The molecule has 0 aromatic carbocycles. The minimum atomic E-state index is 0.119. The highest BCUT2D eigenvalue weighted by atomic mass is 32.2. The summed E-state index contributed by atoms with van der Waals surface area (Å²) in [5.74, 6) is 1.26. The van der Waals surface area contributed by atoms with Gasteiger partial charge in [-0.3, -0.25) is 4.68 Å². The lowest BCUT2D eigenvalue weighted by Crippen LogP contribution is -2.22. The van der Waals surface area contributed by atoms with Gasteiger partial charge in [0.25, 0.3) is 0 Å². The zero-order valence-electron chi connectivity index (χ0n) is 7.81. The third-order valence-corrected chi connectivity index (χ3v) is 3.92. The molecule has 2 N–H and O–H groups in total. The average Bonchev–Trinajstić information content (AvgIpc) is 2.72. The van der Waals surface area contributed by atoms with E-state index in [1.807, 2.05) is 35.8 Å². The Kier molecular flexibility index (Phi) is 2.60. The van der Waals surface area contributed by atoms with Crippen molar-refractivity contribution in [1.82, 2.24) is 9.78 Å². The molecule has 2 rings (SSSR count). The van der Waals surface area contributed by atoms with Crippen molar-refractivity contribution >= 4 is 11.8 Å². The quantitative estimate of drug-likeness (QED) is 0.777. The van der Waals surface area contributed by atoms with Crippen molar-refractivity contribution in [2.75, 3.05) is 5.75 Å². The summed E-state index contributed by atoms with van der Waals surface area (Å²) in [6, 6.07) is 2.14. The lowest BCUT2D eigenvalue weighted by Gasteiger charge is -2.15. The van der Waals surface area contributed by atoms with Gasteiger partial charge in [-0.05, 0) is 24.7 Å². The minimum Gasteiger partial charge on any atom is -0.322 e. The fraction of sp³-hybridized carbons (Fsp3) is 0.667. The third-order valence-electron chi connectivity index (χ3n) is 2.44. The van der Waals surface area contributed by atoms with E-state index in [0.29, 0.717) is 5.25 Å². The van der Waals surface area contributed by atoms with Gasteiger partial charge in [-0.25, -0.2) is 0 Å². The van der Waals surface area contributed by atoms with Gasteiger partial charge in [-0.15, -0.1) is 0 Å². The van der Waals surface area contributed by atoms with Gasteiger partial charge in [0.05, 0.1) is 11.7 Å². The van der Waals surface area contributed by atoms with Crippen LogP contribution in [0.1, 0.15) is 24.6 Å². The average molecular weight is 197 g/mol. The van der Waals surface area contributed by atoms with Crippen LogP contribution >= 0.6 is 11.8 Å². The maximum atomic E-state index is 6.12. The first-order valence-electron chi connectivity index (χ1n) is 4.64. The van der Waals surface area contributed by atoms with E-state index in [9.17, 15) is 0 Å². The number of nitrogens with zero attached hydrogens (tertiary/aromatic N) is 2. The number of aryl methyl sites for hydroxylation is 1. The second-order valence-electron chi connectivity index (χ2n) is 3.49. The van der Waals surface area contributed by atoms with Crippen LogP contribution in [0.15, 0.2) is 12.3 Å². The van der Waals surface area contributed by atoms with E-state index in [2.05, 4.69) is 5.10 Å². The van der Waals surface area contributed by atoms with E-state index in [1.165, 1.54) is 18.6 Å². The normalized spacial score (nSPS) is 24.9. The first kappa shape index (κ1) is 9.09. The molecular formula is C9H15N3S. The number of rotatable bonds is 2. The predicted molar refractivity (Wildman–Crippen MR) is 55.6 cm³/mol. The van der Waals surface area contributed by atoms with Gasteiger partial charge in [0.15, 0.2) is 0 Å². The molecule has 1 aliphatic heterocycles. The van der Waals surface area contributed by atoms with Crippen molar-refractivity contribution in [3.8, 4) is 0 Å². The summed E-state index contributed by atoms with van der Waals surface area (Å²) >= 11 is 1.98. The summed E-state index contributed by atoms with van der Waals surface area (Å²) in [5.41, 5.74) is 7.15. The van der Waals surface area contributed by atoms with Crippen LogP contribution in [-0.2, 0) is 7.05 Å². The Morgan fingerprint density at radius 2 is 2.62 bits per heavy atom. The molecule has 1 fully saturated rings. The zero-order valence-corrected chi connectivity index (χ0v) is 8.63. The third kappa shape index (κ3) is 1.89. The molecule has 4 heteroatoms. The summed E-state index contributed by atoms with van der Waals surface area (Å²) in [7, 11) is 1.93. The largest absolute Gasteiger partial charge is 0.322 e. The molecule has 0 aliphatic carbocycles. The van der Waals surface area contributed by atoms with Crippen molar-refractivity contribution in [2.24, 2.45) is 12.8 Å². The Bertz CT molecular complexity index is 278. The Hall–Kier alpha value is -0.480. The van der Waals surface area contributed by atoms with Crippen LogP contribution in [0, 0.1) is 0 Å². The van der Waals surface area contributed by atoms with Crippen molar-refractivity contribution in [3.05, 3.63) is 18.0 Å². The van der Waals surface area contributed by atoms with Gasteiger partial charge in [-0.1, -0.05) is 0 Å². The van der Waals surface area contributed by atoms with Gasteiger partial charge < -0.3 is 5.73 Å². The van der Waals surface area contributed by atoms with Crippen LogP contribution in [0.25, 0.3) is 0 Å². The van der Waals surface area contributed by atoms with E-state index in [1.54, 1.807) is 0 Å². The topological polar surface area (TPSA) is 43.8 Å². The molecule has 1 aromatic heterocycles. The van der Waals surface area contributed by atoms with Crippen LogP contribution in [0.5, 0.6) is 0 Å². The molecular weight excluding hydrogens is 182 g/mol. The summed E-state index contributed by atoms with van der Waals surface area (Å²) in [4.78, 5) is 0. The highest BCUT2D eigenvalue weighted by molar-refractivity contribution is 8.00. The Labute approximate surface area is 82.7 Å². The first-order chi connectivity index (χ1) is 6.27. The van der Waals surface area contributed by atoms with Gasteiger partial charge in [0.1, 0.15) is 0 Å². The smallest absolute Gasteiger partial charge is 0.0802 e. The van der Waals surface area contributed by atoms with Crippen LogP contribution in [0.3, 0.4) is 0 Å². The molecule has 13 heavy (non-hydrogen) atoms. The maximum Gasteiger partial charge on any atom is 0.0802 e. The molecule has 0 saturated carbocycles. The van der Waals surface area contributed by atoms with Crippen molar-refractivity contribution in [2.45, 2.75) is 24.1 Å². The fourth-order valence-electron chi connectivity index (χ4n) is 1.69. The lowest BCUT2D eigenvalue weighted by atomic mass is 10.1. The summed E-state index contributed by atoms with van der Waals surface area (Å²) in [5, 5.41) is 4.91. The summed E-state index contributed by atoms with van der Waals surface area (Å²) < 4.78 is 1.81. The molecule has 0 spiro atoms. The van der Waals surface area contributed by atoms with Crippen molar-refractivity contribution in [3.63, 3.8) is 0 Å². The highest BCUT2D eigenvalue weighted by Gasteiger charge is 2.25. The number of aromatic nitrogens is 2. The Balaban J connectivity index is 2.07. The molecule has 2 atom stereocenters. The predicted octanol–water partition coefficient (Wildman–Crippen LogP) is 1.32. The Morgan fingerprint density at radius 3 is 3.15 bits per heavy atom. The standard InChI is InChI=1S/C9H15N3S/c1-12-5-4-7(11-12)9(10)8-3-2-6-13-8/h4-5,8-9H,2-3,6,10H2,1H3. The second kappa shape index (κ2) is 3.72. The van der Waals surface area contributed by atoms with Crippen LogP contribution in [0.4, 0.5) is 0 Å². The first-order valence-corrected chi connectivity index (χ1v) is 5.69. The van der Waals surface area contributed by atoms with E-state index in [0.717, 1.165) is 5.69 Å². The SMILES string of the molecule is Cn1ccc(C(N)C2CCCS2)n1. The molecule has 2 heterocycles. The molecule has 0 bridgehead atoms. The summed E-state index contributed by atoms with van der Waals surface area (Å²) in [6.45, 7) is 0. The van der Waals surface area contributed by atoms with Gasteiger partial charge >= 0.3 is 0 Å². The molecule has 1 aromatic rings. The number of nitrogens with two attached hydrogens (primary N) is 1. The van der Waals surface area contributed by atoms with Gasteiger partial charge in [0, 0.05) is 18.5 Å². The van der Waals surface area contributed by atoms with Crippen molar-refractivity contribution < 1.29 is 0 Å². The molecule has 2 unspecified atom stereocenters. The second-order valence-corrected chi connectivity index (χ2v) is 4.84. The number of thioether (sulfide) groups is 1. The zero-order chi connectivity index (χ0) is 9.26. The van der Waals surface area contributed by atoms with Crippen LogP contribution in [-0.4, -0.2) is 20.8 Å². The van der Waals surface area contributed by atoms with E-state index in [4.69, 9.17) is 5.73 Å².